The van der Waals surface area contributed by atoms with Crippen LogP contribution in [-0.4, -0.2) is 42.5 Å². The second kappa shape index (κ2) is 15.9. The summed E-state index contributed by atoms with van der Waals surface area (Å²) in [5.74, 6) is 0. The van der Waals surface area contributed by atoms with E-state index >= 15 is 0 Å². The van der Waals surface area contributed by atoms with Gasteiger partial charge >= 0.3 is 17.4 Å². The molecule has 0 aliphatic heterocycles. The molecule has 0 spiro atoms. The predicted molar refractivity (Wildman–Crippen MR) is 63.2 cm³/mol. The first-order chi connectivity index (χ1) is 6.14. The SMILES string of the molecule is CCC[N+](C)(C)Cc1ccccc1.[Al+3].[Cl-].[Cl-].[Cl-].[Cl-]. The normalized spacial score (nSPS) is 8.39. The minimum atomic E-state index is 0. The van der Waals surface area contributed by atoms with E-state index in [9.17, 15) is 0 Å². The van der Waals surface area contributed by atoms with Crippen molar-refractivity contribution >= 4 is 17.4 Å². The number of nitrogens with zero attached hydrogens (tertiary/aromatic N) is 1. The van der Waals surface area contributed by atoms with Crippen molar-refractivity contribution in [3.8, 4) is 0 Å². The molecule has 1 aromatic carbocycles. The van der Waals surface area contributed by atoms with Crippen molar-refractivity contribution < 1.29 is 54.1 Å². The van der Waals surface area contributed by atoms with Gasteiger partial charge in [0, 0.05) is 5.56 Å². The molecule has 0 fully saturated rings. The quantitative estimate of drug-likeness (QED) is 0.375. The molecule has 0 aliphatic rings. The molecule has 0 unspecified atom stereocenters. The molecule has 1 rings (SSSR count). The predicted octanol–water partition coefficient (Wildman–Crippen LogP) is -9.69. The number of hydrogen-bond donors (Lipinski definition) is 0. The summed E-state index contributed by atoms with van der Waals surface area (Å²) >= 11 is 0. The standard InChI is InChI=1S/C12H20N.Al.4ClH/c1-4-10-13(2,3)11-12-8-6-5-7-9-12;;;;;/h5-9H,4,10-11H2,1-3H3;;4*1H/q+1;+3;;;;/p-4. The maximum Gasteiger partial charge on any atom is 3.00 e. The summed E-state index contributed by atoms with van der Waals surface area (Å²) in [6.45, 7) is 4.62. The third-order valence-corrected chi connectivity index (χ3v) is 2.28. The monoisotopic (exact) mass is 345 g/mol. The van der Waals surface area contributed by atoms with Crippen molar-refractivity contribution in [2.24, 2.45) is 0 Å². The Kier molecular flexibility index (Phi) is 27.7. The Morgan fingerprint density at radius 3 is 1.72 bits per heavy atom. The van der Waals surface area contributed by atoms with E-state index < -0.39 is 0 Å². The van der Waals surface area contributed by atoms with Crippen molar-refractivity contribution in [1.29, 1.82) is 0 Å². The molecule has 0 atom stereocenters. The molecule has 6 heteroatoms. The van der Waals surface area contributed by atoms with Crippen LogP contribution in [-0.2, 0) is 6.54 Å². The zero-order chi connectivity index (χ0) is 9.73. The molecule has 18 heavy (non-hydrogen) atoms. The van der Waals surface area contributed by atoms with Gasteiger partial charge in [0.05, 0.1) is 20.6 Å². The van der Waals surface area contributed by atoms with Crippen LogP contribution in [0.4, 0.5) is 0 Å². The van der Waals surface area contributed by atoms with E-state index in [1.165, 1.54) is 18.5 Å². The zero-order valence-corrected chi connectivity index (χ0v) is 15.2. The third kappa shape index (κ3) is 13.3. The van der Waals surface area contributed by atoms with Gasteiger partial charge in [-0.05, 0) is 6.42 Å². The van der Waals surface area contributed by atoms with Crippen LogP contribution in [0.5, 0.6) is 0 Å². The zero-order valence-electron chi connectivity index (χ0n) is 11.0. The molecule has 0 bridgehead atoms. The number of rotatable bonds is 4. The van der Waals surface area contributed by atoms with Gasteiger partial charge < -0.3 is 54.1 Å². The Hall–Kier alpha value is 0.872. The first kappa shape index (κ1) is 31.3. The Morgan fingerprint density at radius 2 is 1.33 bits per heavy atom. The number of quaternary nitrogens is 1. The van der Waals surface area contributed by atoms with Crippen molar-refractivity contribution in [1.82, 2.24) is 0 Å². The molecule has 1 aromatic rings. The topological polar surface area (TPSA) is 0 Å². The van der Waals surface area contributed by atoms with Gasteiger partial charge in [0.25, 0.3) is 0 Å². The maximum absolute atomic E-state index is 2.29. The van der Waals surface area contributed by atoms with E-state index in [2.05, 4.69) is 51.4 Å². The average Bonchev–Trinajstić information content (AvgIpc) is 2.04. The first-order valence-electron chi connectivity index (χ1n) is 5.00. The van der Waals surface area contributed by atoms with Crippen LogP contribution in [0.15, 0.2) is 30.3 Å². The fraction of sp³-hybridized carbons (Fsp3) is 0.500. The molecule has 104 valence electrons. The van der Waals surface area contributed by atoms with Crippen molar-refractivity contribution in [3.05, 3.63) is 35.9 Å². The summed E-state index contributed by atoms with van der Waals surface area (Å²) in [6, 6.07) is 10.7. The van der Waals surface area contributed by atoms with E-state index in [1.54, 1.807) is 0 Å². The minimum absolute atomic E-state index is 0. The maximum atomic E-state index is 2.29. The Balaban J connectivity index is -0.000000113. The second-order valence-corrected chi connectivity index (χ2v) is 4.30. The fourth-order valence-corrected chi connectivity index (χ4v) is 1.76. The average molecular weight is 347 g/mol. The van der Waals surface area contributed by atoms with Crippen LogP contribution < -0.4 is 49.6 Å². The van der Waals surface area contributed by atoms with Gasteiger partial charge in [0.15, 0.2) is 0 Å². The molecule has 0 N–H and O–H groups in total. The van der Waals surface area contributed by atoms with Crippen LogP contribution >= 0.6 is 0 Å². The summed E-state index contributed by atoms with van der Waals surface area (Å²) in [5, 5.41) is 0. The molecule has 0 saturated heterocycles. The smallest absolute Gasteiger partial charge is 1.00 e. The van der Waals surface area contributed by atoms with Gasteiger partial charge in [-0.3, -0.25) is 0 Å². The van der Waals surface area contributed by atoms with Crippen molar-refractivity contribution in [2.75, 3.05) is 20.6 Å². The van der Waals surface area contributed by atoms with E-state index in [-0.39, 0.29) is 67.0 Å². The van der Waals surface area contributed by atoms with E-state index in [0.717, 1.165) is 11.0 Å². The Morgan fingerprint density at radius 1 is 0.889 bits per heavy atom. The minimum Gasteiger partial charge on any atom is -1.00 e. The van der Waals surface area contributed by atoms with Crippen molar-refractivity contribution in [2.45, 2.75) is 19.9 Å². The van der Waals surface area contributed by atoms with Crippen LogP contribution in [0.25, 0.3) is 0 Å². The van der Waals surface area contributed by atoms with E-state index in [1.807, 2.05) is 0 Å². The molecule has 0 aromatic heterocycles. The molecule has 0 heterocycles. The molecular formula is C12H20AlCl4N. The van der Waals surface area contributed by atoms with E-state index in [4.69, 9.17) is 0 Å². The molecular weight excluding hydrogens is 327 g/mol. The molecule has 1 nitrogen and oxygen atoms in total. The van der Waals surface area contributed by atoms with Gasteiger partial charge in [-0.25, -0.2) is 0 Å². The molecule has 0 radical (unpaired) electrons. The van der Waals surface area contributed by atoms with Gasteiger partial charge in [-0.2, -0.15) is 0 Å². The summed E-state index contributed by atoms with van der Waals surface area (Å²) in [7, 11) is 4.58. The van der Waals surface area contributed by atoms with Gasteiger partial charge in [0.2, 0.25) is 0 Å². The fourth-order valence-electron chi connectivity index (χ4n) is 1.76. The summed E-state index contributed by atoms with van der Waals surface area (Å²) in [4.78, 5) is 0. The number of benzene rings is 1. The second-order valence-electron chi connectivity index (χ2n) is 4.30. The van der Waals surface area contributed by atoms with Gasteiger partial charge in [0.1, 0.15) is 6.54 Å². The third-order valence-electron chi connectivity index (χ3n) is 2.28. The molecule has 0 aliphatic carbocycles. The number of halogens is 4. The largest absolute Gasteiger partial charge is 3.00 e. The van der Waals surface area contributed by atoms with E-state index in [0.29, 0.717) is 0 Å². The molecule has 0 amide bonds. The van der Waals surface area contributed by atoms with Crippen LogP contribution in [0.1, 0.15) is 18.9 Å². The Bertz CT molecular complexity index is 258. The summed E-state index contributed by atoms with van der Waals surface area (Å²) < 4.78 is 1.08. The van der Waals surface area contributed by atoms with Gasteiger partial charge in [-0.15, -0.1) is 0 Å². The number of hydrogen-bond acceptors (Lipinski definition) is 0. The molecule has 0 saturated carbocycles. The Labute approximate surface area is 147 Å². The van der Waals surface area contributed by atoms with Crippen molar-refractivity contribution in [3.63, 3.8) is 0 Å². The van der Waals surface area contributed by atoms with Crippen LogP contribution in [0, 0.1) is 0 Å². The summed E-state index contributed by atoms with van der Waals surface area (Å²) in [5.41, 5.74) is 1.43. The van der Waals surface area contributed by atoms with Crippen LogP contribution in [0.3, 0.4) is 0 Å². The van der Waals surface area contributed by atoms with Crippen LogP contribution in [0.2, 0.25) is 0 Å². The first-order valence-corrected chi connectivity index (χ1v) is 5.00. The van der Waals surface area contributed by atoms with Gasteiger partial charge in [-0.1, -0.05) is 37.3 Å². The summed E-state index contributed by atoms with van der Waals surface area (Å²) in [6.07, 6.45) is 1.25.